The van der Waals surface area contributed by atoms with Gasteiger partial charge in [0.15, 0.2) is 0 Å². The van der Waals surface area contributed by atoms with Gasteiger partial charge < -0.3 is 9.47 Å². The molecule has 0 fully saturated rings. The van der Waals surface area contributed by atoms with Crippen molar-refractivity contribution in [1.82, 2.24) is 0 Å². The number of carbonyl (C=O) groups is 1. The molecule has 0 radical (unpaired) electrons. The first-order valence-corrected chi connectivity index (χ1v) is 5.87. The molecule has 16 heavy (non-hydrogen) atoms. The molecule has 0 N–H and O–H groups in total. The summed E-state index contributed by atoms with van der Waals surface area (Å²) in [5, 5.41) is 0. The van der Waals surface area contributed by atoms with Gasteiger partial charge >= 0.3 is 5.97 Å². The van der Waals surface area contributed by atoms with E-state index in [4.69, 9.17) is 9.47 Å². The highest BCUT2D eigenvalue weighted by Gasteiger charge is 2.12. The number of hydrogen-bond donors (Lipinski definition) is 0. The minimum Gasteiger partial charge on any atom is -0.495 e. The zero-order chi connectivity index (χ0) is 12.1. The third-order valence-corrected chi connectivity index (χ3v) is 2.94. The van der Waals surface area contributed by atoms with Crippen molar-refractivity contribution in [1.29, 1.82) is 0 Å². The highest BCUT2D eigenvalue weighted by Crippen LogP contribution is 2.31. The highest BCUT2D eigenvalue weighted by atomic mass is 79.9. The van der Waals surface area contributed by atoms with Gasteiger partial charge in [-0.1, -0.05) is 6.07 Å². The topological polar surface area (TPSA) is 35.5 Å². The maximum atomic E-state index is 11.4. The summed E-state index contributed by atoms with van der Waals surface area (Å²) >= 11 is 3.40. The van der Waals surface area contributed by atoms with Crippen LogP contribution in [-0.2, 0) is 16.0 Å². The Morgan fingerprint density at radius 2 is 2.12 bits per heavy atom. The third kappa shape index (κ3) is 2.98. The lowest BCUT2D eigenvalue weighted by atomic mass is 10.1. The quantitative estimate of drug-likeness (QED) is 0.799. The number of hydrogen-bond acceptors (Lipinski definition) is 3. The third-order valence-electron chi connectivity index (χ3n) is 2.31. The average molecular weight is 287 g/mol. The molecule has 1 aromatic rings. The minimum atomic E-state index is -0.213. The van der Waals surface area contributed by atoms with Crippen molar-refractivity contribution in [2.75, 3.05) is 13.7 Å². The van der Waals surface area contributed by atoms with E-state index < -0.39 is 0 Å². The van der Waals surface area contributed by atoms with Gasteiger partial charge in [-0.25, -0.2) is 0 Å². The lowest BCUT2D eigenvalue weighted by Gasteiger charge is -2.11. The smallest absolute Gasteiger partial charge is 0.310 e. The first kappa shape index (κ1) is 13.0. The fraction of sp³-hybridized carbons (Fsp3) is 0.417. The van der Waals surface area contributed by atoms with Crippen LogP contribution in [0.3, 0.4) is 0 Å². The Morgan fingerprint density at radius 1 is 1.44 bits per heavy atom. The minimum absolute atomic E-state index is 0.213. The van der Waals surface area contributed by atoms with Gasteiger partial charge in [-0.2, -0.15) is 0 Å². The Labute approximate surface area is 104 Å². The van der Waals surface area contributed by atoms with Crippen molar-refractivity contribution in [3.63, 3.8) is 0 Å². The largest absolute Gasteiger partial charge is 0.495 e. The van der Waals surface area contributed by atoms with Crippen LogP contribution >= 0.6 is 15.9 Å². The monoisotopic (exact) mass is 286 g/mol. The molecule has 0 aliphatic heterocycles. The number of methoxy groups -OCH3 is 1. The van der Waals surface area contributed by atoms with Gasteiger partial charge in [-0.3, -0.25) is 4.79 Å². The molecule has 0 saturated carbocycles. The van der Waals surface area contributed by atoms with Crippen LogP contribution in [0.15, 0.2) is 16.6 Å². The van der Waals surface area contributed by atoms with Gasteiger partial charge in [-0.15, -0.1) is 0 Å². The van der Waals surface area contributed by atoms with E-state index in [1.807, 2.05) is 19.1 Å². The molecular weight excluding hydrogens is 272 g/mol. The normalized spacial score (nSPS) is 10.0. The van der Waals surface area contributed by atoms with E-state index in [1.165, 1.54) is 0 Å². The second kappa shape index (κ2) is 5.89. The number of rotatable bonds is 4. The maximum Gasteiger partial charge on any atom is 0.310 e. The summed E-state index contributed by atoms with van der Waals surface area (Å²) in [6.45, 7) is 4.14. The second-order valence-corrected chi connectivity index (χ2v) is 4.20. The standard InChI is InChI=1S/C12H15BrO3/c1-4-16-11(14)7-9-5-6-10(13)12(15-3)8(9)2/h5-6H,4,7H2,1-3H3. The lowest BCUT2D eigenvalue weighted by Crippen LogP contribution is -2.09. The summed E-state index contributed by atoms with van der Waals surface area (Å²) in [5.41, 5.74) is 1.89. The highest BCUT2D eigenvalue weighted by molar-refractivity contribution is 9.10. The zero-order valence-electron chi connectivity index (χ0n) is 9.67. The van der Waals surface area contributed by atoms with Crippen LogP contribution in [0, 0.1) is 6.92 Å². The molecule has 0 spiro atoms. The first-order chi connectivity index (χ1) is 7.60. The van der Waals surface area contributed by atoms with Crippen LogP contribution in [0.5, 0.6) is 5.75 Å². The molecule has 0 aromatic heterocycles. The fourth-order valence-electron chi connectivity index (χ4n) is 1.51. The van der Waals surface area contributed by atoms with Gasteiger partial charge in [0.05, 0.1) is 24.6 Å². The van der Waals surface area contributed by atoms with Crippen molar-refractivity contribution in [2.45, 2.75) is 20.3 Å². The molecule has 0 aliphatic carbocycles. The number of ether oxygens (including phenoxy) is 2. The zero-order valence-corrected chi connectivity index (χ0v) is 11.3. The fourth-order valence-corrected chi connectivity index (χ4v) is 2.10. The SMILES string of the molecule is CCOC(=O)Cc1ccc(Br)c(OC)c1C. The molecule has 0 atom stereocenters. The van der Waals surface area contributed by atoms with Crippen molar-refractivity contribution >= 4 is 21.9 Å². The molecule has 0 aliphatic rings. The van der Waals surface area contributed by atoms with Crippen LogP contribution in [0.4, 0.5) is 0 Å². The lowest BCUT2D eigenvalue weighted by molar-refractivity contribution is -0.142. The Bertz CT molecular complexity index is 388. The summed E-state index contributed by atoms with van der Waals surface area (Å²) in [4.78, 5) is 11.4. The van der Waals surface area contributed by atoms with Crippen LogP contribution in [0.25, 0.3) is 0 Å². The summed E-state index contributed by atoms with van der Waals surface area (Å²) in [5.74, 6) is 0.553. The van der Waals surface area contributed by atoms with E-state index in [2.05, 4.69) is 15.9 Å². The maximum absolute atomic E-state index is 11.4. The molecule has 0 bridgehead atoms. The second-order valence-electron chi connectivity index (χ2n) is 3.35. The molecular formula is C12H15BrO3. The van der Waals surface area contributed by atoms with E-state index in [-0.39, 0.29) is 12.4 Å². The predicted molar refractivity (Wildman–Crippen MR) is 65.8 cm³/mol. The van der Waals surface area contributed by atoms with E-state index in [0.717, 1.165) is 21.3 Å². The Kier molecular flexibility index (Phi) is 4.80. The molecule has 88 valence electrons. The Morgan fingerprint density at radius 3 is 2.69 bits per heavy atom. The van der Waals surface area contributed by atoms with Crippen molar-refractivity contribution in [2.24, 2.45) is 0 Å². The molecule has 4 heteroatoms. The Balaban J connectivity index is 2.93. The van der Waals surface area contributed by atoms with Gasteiger partial charge in [0, 0.05) is 0 Å². The number of halogens is 1. The predicted octanol–water partition coefficient (Wildman–Crippen LogP) is 2.87. The molecule has 0 unspecified atom stereocenters. The van der Waals surface area contributed by atoms with Crippen LogP contribution < -0.4 is 4.74 Å². The van der Waals surface area contributed by atoms with Gasteiger partial charge in [0.25, 0.3) is 0 Å². The van der Waals surface area contributed by atoms with Crippen molar-refractivity contribution in [3.8, 4) is 5.75 Å². The number of esters is 1. The summed E-state index contributed by atoms with van der Waals surface area (Å²) in [6, 6.07) is 3.78. The Hall–Kier alpha value is -1.03. The van der Waals surface area contributed by atoms with E-state index in [0.29, 0.717) is 6.61 Å². The molecule has 1 aromatic carbocycles. The summed E-state index contributed by atoms with van der Waals surface area (Å²) in [6.07, 6.45) is 0.281. The first-order valence-electron chi connectivity index (χ1n) is 5.07. The molecule has 0 heterocycles. The van der Waals surface area contributed by atoms with Crippen LogP contribution in [0.2, 0.25) is 0 Å². The molecule has 0 saturated heterocycles. The molecule has 1 rings (SSSR count). The van der Waals surface area contributed by atoms with Crippen LogP contribution in [-0.4, -0.2) is 19.7 Å². The van der Waals surface area contributed by atoms with E-state index >= 15 is 0 Å². The van der Waals surface area contributed by atoms with E-state index in [9.17, 15) is 4.79 Å². The number of benzene rings is 1. The van der Waals surface area contributed by atoms with Gasteiger partial charge in [0.1, 0.15) is 5.75 Å². The number of carbonyl (C=O) groups excluding carboxylic acids is 1. The average Bonchev–Trinajstić information content (AvgIpc) is 2.23. The van der Waals surface area contributed by atoms with Crippen molar-refractivity contribution < 1.29 is 14.3 Å². The van der Waals surface area contributed by atoms with Gasteiger partial charge in [-0.05, 0) is 47.0 Å². The van der Waals surface area contributed by atoms with Crippen molar-refractivity contribution in [3.05, 3.63) is 27.7 Å². The molecule has 0 amide bonds. The summed E-state index contributed by atoms with van der Waals surface area (Å²) < 4.78 is 11.1. The van der Waals surface area contributed by atoms with E-state index in [1.54, 1.807) is 14.0 Å². The van der Waals surface area contributed by atoms with Crippen LogP contribution in [0.1, 0.15) is 18.1 Å². The molecule has 3 nitrogen and oxygen atoms in total. The summed E-state index contributed by atoms with van der Waals surface area (Å²) in [7, 11) is 1.61. The van der Waals surface area contributed by atoms with Gasteiger partial charge in [0.2, 0.25) is 0 Å².